The van der Waals surface area contributed by atoms with Crippen molar-refractivity contribution < 1.29 is 18.0 Å². The normalized spacial score (nSPS) is 19.1. The highest BCUT2D eigenvalue weighted by atomic mass is 32.2. The van der Waals surface area contributed by atoms with Gasteiger partial charge in [-0.25, -0.2) is 5.14 Å². The third-order valence-corrected chi connectivity index (χ3v) is 5.91. The minimum atomic E-state index is -3.67. The van der Waals surface area contributed by atoms with E-state index in [1.807, 2.05) is 24.3 Å². The van der Waals surface area contributed by atoms with E-state index >= 15 is 0 Å². The largest absolute Gasteiger partial charge is 0.352 e. The molecule has 0 spiro atoms. The number of nitrogens with zero attached hydrogens (tertiary/aromatic N) is 1. The Morgan fingerprint density at radius 1 is 1.00 bits per heavy atom. The molecule has 1 aromatic carbocycles. The van der Waals surface area contributed by atoms with Gasteiger partial charge in [-0.05, 0) is 43.4 Å². The van der Waals surface area contributed by atoms with Crippen LogP contribution in [0.2, 0.25) is 0 Å². The lowest BCUT2D eigenvalue weighted by Crippen LogP contribution is -2.45. The van der Waals surface area contributed by atoms with Crippen LogP contribution in [0.1, 0.15) is 31.2 Å². The monoisotopic (exact) mass is 380 g/mol. The molecule has 0 radical (unpaired) electrons. The molecule has 3 rings (SSSR count). The van der Waals surface area contributed by atoms with Gasteiger partial charge in [0.1, 0.15) is 0 Å². The molecule has 0 atom stereocenters. The van der Waals surface area contributed by atoms with E-state index in [9.17, 15) is 18.0 Å². The average molecular weight is 380 g/mol. The van der Waals surface area contributed by atoms with Crippen LogP contribution in [0.4, 0.5) is 5.69 Å². The number of piperidine rings is 1. The quantitative estimate of drug-likeness (QED) is 0.668. The summed E-state index contributed by atoms with van der Waals surface area (Å²) < 4.78 is 23.8. The molecular weight excluding hydrogens is 356 g/mol. The van der Waals surface area contributed by atoms with Crippen molar-refractivity contribution in [3.8, 4) is 0 Å². The standard InChI is InChI=1S/C17H24N4O4S/c18-26(24,25)21-9-7-14(8-10-21)16(22)19-11-12-1-5-15(6-2-12)20-17(23)13-3-4-13/h1-2,5-6,13-14H,3-4,7-11H2,(H,19,22)(H,20,23)(H2,18,24,25). The maximum atomic E-state index is 12.3. The fraction of sp³-hybridized carbons (Fsp3) is 0.529. The molecule has 1 heterocycles. The summed E-state index contributed by atoms with van der Waals surface area (Å²) in [6.07, 6.45) is 2.86. The average Bonchev–Trinajstić information content (AvgIpc) is 3.45. The molecule has 8 nitrogen and oxygen atoms in total. The molecule has 1 saturated heterocycles. The van der Waals surface area contributed by atoms with Crippen molar-refractivity contribution in [3.63, 3.8) is 0 Å². The van der Waals surface area contributed by atoms with Crippen LogP contribution < -0.4 is 15.8 Å². The summed E-state index contributed by atoms with van der Waals surface area (Å²) in [6.45, 7) is 0.934. The molecule has 2 amide bonds. The number of nitrogens with two attached hydrogens (primary N) is 1. The summed E-state index contributed by atoms with van der Waals surface area (Å²) in [6, 6.07) is 7.39. The lowest BCUT2D eigenvalue weighted by atomic mass is 9.97. The Morgan fingerprint density at radius 2 is 1.58 bits per heavy atom. The van der Waals surface area contributed by atoms with Crippen LogP contribution in [-0.4, -0.2) is 37.6 Å². The van der Waals surface area contributed by atoms with Crippen molar-refractivity contribution in [2.75, 3.05) is 18.4 Å². The summed E-state index contributed by atoms with van der Waals surface area (Å²) in [5.74, 6) is -0.0539. The van der Waals surface area contributed by atoms with E-state index in [2.05, 4.69) is 10.6 Å². The second-order valence-electron chi connectivity index (χ2n) is 6.90. The summed E-state index contributed by atoms with van der Waals surface area (Å²) in [4.78, 5) is 24.0. The molecule has 2 fully saturated rings. The second-order valence-corrected chi connectivity index (χ2v) is 8.44. The minimum absolute atomic E-state index is 0.0666. The number of carbonyl (C=O) groups excluding carboxylic acids is 2. The molecule has 1 aromatic rings. The Bertz CT molecular complexity index is 766. The zero-order valence-electron chi connectivity index (χ0n) is 14.5. The predicted molar refractivity (Wildman–Crippen MR) is 97.0 cm³/mol. The SMILES string of the molecule is NS(=O)(=O)N1CCC(C(=O)NCc2ccc(NC(=O)C3CC3)cc2)CC1. The fourth-order valence-electron chi connectivity index (χ4n) is 3.00. The van der Waals surface area contributed by atoms with Crippen LogP contribution in [0.15, 0.2) is 24.3 Å². The zero-order chi connectivity index (χ0) is 18.7. The van der Waals surface area contributed by atoms with Crippen LogP contribution in [0.25, 0.3) is 0 Å². The van der Waals surface area contributed by atoms with Crippen molar-refractivity contribution in [3.05, 3.63) is 29.8 Å². The molecule has 1 aliphatic carbocycles. The van der Waals surface area contributed by atoms with Crippen molar-refractivity contribution in [1.82, 2.24) is 9.62 Å². The van der Waals surface area contributed by atoms with Gasteiger partial charge >= 0.3 is 0 Å². The van der Waals surface area contributed by atoms with Crippen molar-refractivity contribution in [2.45, 2.75) is 32.2 Å². The summed E-state index contributed by atoms with van der Waals surface area (Å²) in [7, 11) is -3.67. The van der Waals surface area contributed by atoms with Crippen LogP contribution >= 0.6 is 0 Å². The molecule has 9 heteroatoms. The Labute approximate surface area is 153 Å². The maximum absolute atomic E-state index is 12.3. The van der Waals surface area contributed by atoms with Gasteiger partial charge in [-0.3, -0.25) is 9.59 Å². The molecule has 1 saturated carbocycles. The highest BCUT2D eigenvalue weighted by Crippen LogP contribution is 2.30. The first-order chi connectivity index (χ1) is 12.3. The van der Waals surface area contributed by atoms with Crippen LogP contribution in [0.5, 0.6) is 0 Å². The molecule has 4 N–H and O–H groups in total. The molecule has 1 aliphatic heterocycles. The first-order valence-electron chi connectivity index (χ1n) is 8.78. The van der Waals surface area contributed by atoms with Gasteiger partial charge in [0.25, 0.3) is 10.2 Å². The minimum Gasteiger partial charge on any atom is -0.352 e. The summed E-state index contributed by atoms with van der Waals surface area (Å²) in [5.41, 5.74) is 1.69. The van der Waals surface area contributed by atoms with Crippen LogP contribution in [0, 0.1) is 11.8 Å². The lowest BCUT2D eigenvalue weighted by Gasteiger charge is -2.29. The van der Waals surface area contributed by atoms with Gasteiger partial charge in [0, 0.05) is 37.2 Å². The number of hydrogen-bond acceptors (Lipinski definition) is 4. The van der Waals surface area contributed by atoms with E-state index in [1.165, 1.54) is 4.31 Å². The molecular formula is C17H24N4O4S. The predicted octanol–water partition coefficient (Wildman–Crippen LogP) is 0.567. The number of benzene rings is 1. The zero-order valence-corrected chi connectivity index (χ0v) is 15.3. The van der Waals surface area contributed by atoms with E-state index in [4.69, 9.17) is 5.14 Å². The first kappa shape index (κ1) is 18.8. The second kappa shape index (κ2) is 7.73. The molecule has 142 valence electrons. The van der Waals surface area contributed by atoms with Gasteiger partial charge in [-0.15, -0.1) is 0 Å². The van der Waals surface area contributed by atoms with Gasteiger partial charge in [0.2, 0.25) is 11.8 Å². The van der Waals surface area contributed by atoms with E-state index in [1.54, 1.807) is 0 Å². The van der Waals surface area contributed by atoms with Crippen LogP contribution in [0.3, 0.4) is 0 Å². The number of anilines is 1. The first-order valence-corrected chi connectivity index (χ1v) is 10.3. The smallest absolute Gasteiger partial charge is 0.276 e. The topological polar surface area (TPSA) is 122 Å². The Hall–Kier alpha value is -1.97. The van der Waals surface area contributed by atoms with Gasteiger partial charge in [0.15, 0.2) is 0 Å². The third-order valence-electron chi connectivity index (χ3n) is 4.82. The Morgan fingerprint density at radius 3 is 2.12 bits per heavy atom. The number of hydrogen-bond donors (Lipinski definition) is 3. The van der Waals surface area contributed by atoms with Crippen molar-refractivity contribution in [2.24, 2.45) is 17.0 Å². The highest BCUT2D eigenvalue weighted by molar-refractivity contribution is 7.86. The van der Waals surface area contributed by atoms with E-state index in [0.29, 0.717) is 19.4 Å². The van der Waals surface area contributed by atoms with Gasteiger partial charge < -0.3 is 10.6 Å². The van der Waals surface area contributed by atoms with Crippen LogP contribution in [-0.2, 0) is 26.3 Å². The molecule has 2 aliphatic rings. The third kappa shape index (κ3) is 5.03. The number of rotatable bonds is 6. The maximum Gasteiger partial charge on any atom is 0.276 e. The Balaban J connectivity index is 1.43. The van der Waals surface area contributed by atoms with E-state index in [-0.39, 0.29) is 36.7 Å². The molecule has 0 unspecified atom stereocenters. The number of nitrogens with one attached hydrogen (secondary N) is 2. The van der Waals surface area contributed by atoms with Crippen molar-refractivity contribution >= 4 is 27.7 Å². The van der Waals surface area contributed by atoms with Gasteiger partial charge in [-0.2, -0.15) is 12.7 Å². The van der Waals surface area contributed by atoms with Gasteiger partial charge in [0.05, 0.1) is 0 Å². The molecule has 0 bridgehead atoms. The number of amides is 2. The summed E-state index contributed by atoms with van der Waals surface area (Å²) in [5, 5.41) is 10.9. The van der Waals surface area contributed by atoms with E-state index in [0.717, 1.165) is 24.1 Å². The highest BCUT2D eigenvalue weighted by Gasteiger charge is 2.30. The van der Waals surface area contributed by atoms with Gasteiger partial charge in [-0.1, -0.05) is 12.1 Å². The van der Waals surface area contributed by atoms with Crippen molar-refractivity contribution in [1.29, 1.82) is 0 Å². The fourth-order valence-corrected chi connectivity index (χ4v) is 3.72. The lowest BCUT2D eigenvalue weighted by molar-refractivity contribution is -0.126. The Kier molecular flexibility index (Phi) is 5.59. The molecule has 0 aromatic heterocycles. The van der Waals surface area contributed by atoms with E-state index < -0.39 is 10.2 Å². The summed E-state index contributed by atoms with van der Waals surface area (Å²) >= 11 is 0. The molecule has 26 heavy (non-hydrogen) atoms. The number of carbonyl (C=O) groups is 2.